The molecule has 0 unspecified atom stereocenters. The summed E-state index contributed by atoms with van der Waals surface area (Å²) in [4.78, 5) is 18.3. The number of H-pyrrole nitrogens is 1. The number of nitrogens with one attached hydrogen (secondary N) is 1. The minimum Gasteiger partial charge on any atom is -0.369 e. The fourth-order valence-corrected chi connectivity index (χ4v) is 2.54. The van der Waals surface area contributed by atoms with E-state index in [0.717, 1.165) is 16.7 Å². The molecule has 0 saturated carbocycles. The van der Waals surface area contributed by atoms with Gasteiger partial charge in [-0.2, -0.15) is 0 Å². The van der Waals surface area contributed by atoms with E-state index in [2.05, 4.69) is 25.9 Å². The van der Waals surface area contributed by atoms with Gasteiger partial charge < -0.3 is 5.73 Å². The van der Waals surface area contributed by atoms with E-state index in [0.29, 0.717) is 10.2 Å². The second-order valence-corrected chi connectivity index (χ2v) is 5.35. The van der Waals surface area contributed by atoms with Crippen molar-refractivity contribution in [2.24, 2.45) is 0 Å². The average Bonchev–Trinajstić information content (AvgIpc) is 2.52. The Bertz CT molecular complexity index is 826. The third-order valence-corrected chi connectivity index (χ3v) is 3.88. The Morgan fingerprint density at radius 2 is 1.48 bits per heavy atom. The van der Waals surface area contributed by atoms with Crippen molar-refractivity contribution < 1.29 is 0 Å². The van der Waals surface area contributed by atoms with Crippen molar-refractivity contribution in [1.29, 1.82) is 0 Å². The molecule has 0 aliphatic rings. The molecule has 3 aromatic rings. The van der Waals surface area contributed by atoms with Crippen LogP contribution >= 0.6 is 15.9 Å². The van der Waals surface area contributed by atoms with E-state index >= 15 is 0 Å². The van der Waals surface area contributed by atoms with E-state index in [1.54, 1.807) is 0 Å². The molecule has 0 aliphatic heterocycles. The van der Waals surface area contributed by atoms with Gasteiger partial charge >= 0.3 is 0 Å². The molecule has 104 valence electrons. The van der Waals surface area contributed by atoms with Crippen molar-refractivity contribution >= 4 is 21.9 Å². The second-order valence-electron chi connectivity index (χ2n) is 4.56. The number of aromatic amines is 1. The van der Waals surface area contributed by atoms with Crippen LogP contribution in [0.25, 0.3) is 22.4 Å². The molecule has 0 spiro atoms. The summed E-state index contributed by atoms with van der Waals surface area (Å²) in [6, 6.07) is 17.9. The minimum absolute atomic E-state index is 0.102. The second kappa shape index (κ2) is 5.54. The van der Waals surface area contributed by atoms with E-state index in [-0.39, 0.29) is 11.5 Å². The van der Waals surface area contributed by atoms with Gasteiger partial charge in [0.05, 0.1) is 5.69 Å². The molecule has 3 N–H and O–H groups in total. The SMILES string of the molecule is Nc1nc(-c2ccc(-c3ccccc3)cc2)c(Br)c(=O)[nH]1. The number of rotatable bonds is 2. The molecule has 0 bridgehead atoms. The Morgan fingerprint density at radius 1 is 0.905 bits per heavy atom. The lowest BCUT2D eigenvalue weighted by Crippen LogP contribution is -2.13. The standard InChI is InChI=1S/C16H12BrN3O/c17-13-14(19-16(18)20-15(13)21)12-8-6-11(7-9-12)10-4-2-1-3-5-10/h1-9H,(H3,18,19,20,21). The van der Waals surface area contributed by atoms with Gasteiger partial charge in [0.1, 0.15) is 4.47 Å². The Morgan fingerprint density at radius 3 is 2.14 bits per heavy atom. The molecule has 5 heteroatoms. The summed E-state index contributed by atoms with van der Waals surface area (Å²) in [5.74, 6) is 0.102. The van der Waals surface area contributed by atoms with E-state index in [4.69, 9.17) is 5.73 Å². The predicted octanol–water partition coefficient (Wildman–Crippen LogP) is 3.45. The van der Waals surface area contributed by atoms with Crippen LogP contribution in [0.3, 0.4) is 0 Å². The van der Waals surface area contributed by atoms with Crippen molar-refractivity contribution in [2.75, 3.05) is 5.73 Å². The number of anilines is 1. The molecule has 0 amide bonds. The zero-order valence-electron chi connectivity index (χ0n) is 11.0. The molecule has 3 rings (SSSR count). The topological polar surface area (TPSA) is 71.8 Å². The van der Waals surface area contributed by atoms with Gasteiger partial charge in [0.2, 0.25) is 5.95 Å². The largest absolute Gasteiger partial charge is 0.369 e. The van der Waals surface area contributed by atoms with Gasteiger partial charge in [0.25, 0.3) is 5.56 Å². The zero-order valence-corrected chi connectivity index (χ0v) is 12.6. The lowest BCUT2D eigenvalue weighted by atomic mass is 10.0. The molecule has 0 radical (unpaired) electrons. The molecule has 21 heavy (non-hydrogen) atoms. The Labute approximate surface area is 129 Å². The summed E-state index contributed by atoms with van der Waals surface area (Å²) in [7, 11) is 0. The first-order valence-corrected chi connectivity index (χ1v) is 7.15. The number of halogens is 1. The highest BCUT2D eigenvalue weighted by molar-refractivity contribution is 9.10. The van der Waals surface area contributed by atoms with Crippen LogP contribution in [0, 0.1) is 0 Å². The molecule has 2 aromatic carbocycles. The normalized spacial score (nSPS) is 10.5. The molecule has 1 heterocycles. The van der Waals surface area contributed by atoms with Crippen LogP contribution in [-0.4, -0.2) is 9.97 Å². The molecule has 0 aliphatic carbocycles. The summed E-state index contributed by atoms with van der Waals surface area (Å²) in [6.07, 6.45) is 0. The van der Waals surface area contributed by atoms with Crippen LogP contribution in [0.4, 0.5) is 5.95 Å². The number of nitrogens with zero attached hydrogens (tertiary/aromatic N) is 1. The quantitative estimate of drug-likeness (QED) is 0.749. The van der Waals surface area contributed by atoms with Gasteiger partial charge in [-0.15, -0.1) is 0 Å². The van der Waals surface area contributed by atoms with Gasteiger partial charge in [-0.3, -0.25) is 9.78 Å². The first kappa shape index (κ1) is 13.6. The Kier molecular flexibility index (Phi) is 3.58. The molecular weight excluding hydrogens is 330 g/mol. The maximum absolute atomic E-state index is 11.7. The first-order valence-electron chi connectivity index (χ1n) is 6.36. The average molecular weight is 342 g/mol. The van der Waals surface area contributed by atoms with Crippen LogP contribution in [-0.2, 0) is 0 Å². The minimum atomic E-state index is -0.287. The highest BCUT2D eigenvalue weighted by Gasteiger charge is 2.10. The molecular formula is C16H12BrN3O. The van der Waals surface area contributed by atoms with Crippen molar-refractivity contribution in [3.63, 3.8) is 0 Å². The van der Waals surface area contributed by atoms with Gasteiger partial charge in [-0.25, -0.2) is 4.98 Å². The lowest BCUT2D eigenvalue weighted by Gasteiger charge is -2.06. The maximum Gasteiger partial charge on any atom is 0.267 e. The van der Waals surface area contributed by atoms with Crippen LogP contribution in [0.1, 0.15) is 0 Å². The van der Waals surface area contributed by atoms with E-state index in [9.17, 15) is 4.79 Å². The smallest absolute Gasteiger partial charge is 0.267 e. The van der Waals surface area contributed by atoms with E-state index in [1.807, 2.05) is 54.6 Å². The maximum atomic E-state index is 11.7. The number of hydrogen-bond donors (Lipinski definition) is 2. The predicted molar refractivity (Wildman–Crippen MR) is 87.8 cm³/mol. The highest BCUT2D eigenvalue weighted by atomic mass is 79.9. The molecule has 0 atom stereocenters. The summed E-state index contributed by atoms with van der Waals surface area (Å²) in [5.41, 5.74) is 8.93. The summed E-state index contributed by atoms with van der Waals surface area (Å²) in [5, 5.41) is 0. The van der Waals surface area contributed by atoms with E-state index < -0.39 is 0 Å². The number of aromatic nitrogens is 2. The van der Waals surface area contributed by atoms with Crippen LogP contribution in [0.2, 0.25) is 0 Å². The summed E-state index contributed by atoms with van der Waals surface area (Å²) < 4.78 is 0.379. The first-order chi connectivity index (χ1) is 10.1. The third-order valence-electron chi connectivity index (χ3n) is 3.15. The third kappa shape index (κ3) is 2.73. The molecule has 1 aromatic heterocycles. The van der Waals surface area contributed by atoms with Crippen molar-refractivity contribution in [2.45, 2.75) is 0 Å². The highest BCUT2D eigenvalue weighted by Crippen LogP contribution is 2.27. The Hall–Kier alpha value is -2.40. The molecule has 0 fully saturated rings. The lowest BCUT2D eigenvalue weighted by molar-refractivity contribution is 1.12. The number of nitrogen functional groups attached to an aromatic ring is 1. The van der Waals surface area contributed by atoms with Gasteiger partial charge in [-0.1, -0.05) is 54.6 Å². The van der Waals surface area contributed by atoms with Gasteiger partial charge in [-0.05, 0) is 27.1 Å². The van der Waals surface area contributed by atoms with Gasteiger partial charge in [0, 0.05) is 5.56 Å². The fraction of sp³-hybridized carbons (Fsp3) is 0. The van der Waals surface area contributed by atoms with Crippen LogP contribution < -0.4 is 11.3 Å². The van der Waals surface area contributed by atoms with E-state index in [1.165, 1.54) is 0 Å². The van der Waals surface area contributed by atoms with Crippen molar-refractivity contribution in [3.05, 3.63) is 69.4 Å². The van der Waals surface area contributed by atoms with Crippen LogP contribution in [0.5, 0.6) is 0 Å². The Balaban J connectivity index is 2.04. The summed E-state index contributed by atoms with van der Waals surface area (Å²) in [6.45, 7) is 0. The number of nitrogens with two attached hydrogens (primary N) is 1. The zero-order chi connectivity index (χ0) is 14.8. The van der Waals surface area contributed by atoms with Gasteiger partial charge in [0.15, 0.2) is 0 Å². The molecule has 0 saturated heterocycles. The number of hydrogen-bond acceptors (Lipinski definition) is 3. The summed E-state index contributed by atoms with van der Waals surface area (Å²) >= 11 is 3.25. The van der Waals surface area contributed by atoms with Crippen molar-refractivity contribution in [3.8, 4) is 22.4 Å². The molecule has 4 nitrogen and oxygen atoms in total. The van der Waals surface area contributed by atoms with Crippen LogP contribution in [0.15, 0.2) is 63.9 Å². The monoisotopic (exact) mass is 341 g/mol. The number of benzene rings is 2. The van der Waals surface area contributed by atoms with Crippen molar-refractivity contribution in [1.82, 2.24) is 9.97 Å². The fourth-order valence-electron chi connectivity index (χ4n) is 2.12.